The second-order valence-corrected chi connectivity index (χ2v) is 4.47. The molecule has 1 N–H and O–H groups in total. The minimum Gasteiger partial charge on any atom is -0.484 e. The lowest BCUT2D eigenvalue weighted by atomic mass is 9.99. The topological polar surface area (TPSA) is 64.6 Å². The van der Waals surface area contributed by atoms with Crippen molar-refractivity contribution in [3.05, 3.63) is 30.1 Å². The minimum absolute atomic E-state index is 0.266. The van der Waals surface area contributed by atoms with Crippen LogP contribution in [0.4, 0.5) is 4.39 Å². The minimum atomic E-state index is -1.09. The lowest BCUT2D eigenvalue weighted by molar-refractivity contribution is -0.150. The van der Waals surface area contributed by atoms with Gasteiger partial charge < -0.3 is 14.8 Å². The first-order valence-electron chi connectivity index (χ1n) is 6.19. The second kappa shape index (κ2) is 6.88. The van der Waals surface area contributed by atoms with Gasteiger partial charge in [-0.05, 0) is 37.6 Å². The van der Waals surface area contributed by atoms with Crippen LogP contribution in [0.3, 0.4) is 0 Å². The number of benzene rings is 1. The number of esters is 1. The monoisotopic (exact) mass is 283 g/mol. The second-order valence-electron chi connectivity index (χ2n) is 4.47. The zero-order valence-electron chi connectivity index (χ0n) is 11.7. The Labute approximate surface area is 117 Å². The van der Waals surface area contributed by atoms with Gasteiger partial charge >= 0.3 is 5.97 Å². The predicted molar refractivity (Wildman–Crippen MR) is 70.7 cm³/mol. The number of rotatable bonds is 6. The molecule has 0 aliphatic carbocycles. The Morgan fingerprint density at radius 1 is 1.30 bits per heavy atom. The number of carbonyl (C=O) groups is 2. The van der Waals surface area contributed by atoms with Crippen LogP contribution in [0, 0.1) is 5.82 Å². The standard InChI is InChI=1S/C14H18FNO4/c1-4-14(2,13(18)19-3)16-12(17)9-20-11-7-5-10(15)6-8-11/h5-8H,4,9H2,1-3H3,(H,16,17)/t14-/m0/s1. The smallest absolute Gasteiger partial charge is 0.331 e. The molecule has 5 nitrogen and oxygen atoms in total. The van der Waals surface area contributed by atoms with E-state index in [2.05, 4.69) is 10.1 Å². The van der Waals surface area contributed by atoms with Gasteiger partial charge in [-0.3, -0.25) is 4.79 Å². The Kier molecular flexibility index (Phi) is 5.49. The Morgan fingerprint density at radius 3 is 2.40 bits per heavy atom. The molecule has 0 saturated carbocycles. The van der Waals surface area contributed by atoms with E-state index in [0.717, 1.165) is 0 Å². The van der Waals surface area contributed by atoms with Crippen LogP contribution in [-0.4, -0.2) is 31.1 Å². The molecule has 1 amide bonds. The van der Waals surface area contributed by atoms with Crippen LogP contribution in [0.25, 0.3) is 0 Å². The number of nitrogens with one attached hydrogen (secondary N) is 1. The summed E-state index contributed by atoms with van der Waals surface area (Å²) < 4.78 is 22.5. The molecule has 0 fully saturated rings. The average molecular weight is 283 g/mol. The molecular formula is C14H18FNO4. The van der Waals surface area contributed by atoms with Crippen LogP contribution in [0.15, 0.2) is 24.3 Å². The number of hydrogen-bond donors (Lipinski definition) is 1. The van der Waals surface area contributed by atoms with Crippen molar-refractivity contribution >= 4 is 11.9 Å². The van der Waals surface area contributed by atoms with Crippen molar-refractivity contribution in [2.75, 3.05) is 13.7 Å². The third-order valence-electron chi connectivity index (χ3n) is 2.94. The van der Waals surface area contributed by atoms with Crippen LogP contribution in [0.2, 0.25) is 0 Å². The summed E-state index contributed by atoms with van der Waals surface area (Å²) >= 11 is 0. The molecule has 6 heteroatoms. The van der Waals surface area contributed by atoms with Crippen LogP contribution >= 0.6 is 0 Å². The summed E-state index contributed by atoms with van der Waals surface area (Å²) in [6, 6.07) is 5.31. The van der Waals surface area contributed by atoms with Crippen molar-refractivity contribution < 1.29 is 23.5 Å². The van der Waals surface area contributed by atoms with Gasteiger partial charge in [0.05, 0.1) is 7.11 Å². The van der Waals surface area contributed by atoms with Crippen LogP contribution in [-0.2, 0) is 14.3 Å². The number of methoxy groups -OCH3 is 1. The van der Waals surface area contributed by atoms with Crippen molar-refractivity contribution in [2.45, 2.75) is 25.8 Å². The van der Waals surface area contributed by atoms with Crippen LogP contribution in [0.5, 0.6) is 5.75 Å². The fourth-order valence-electron chi connectivity index (χ4n) is 1.53. The Balaban J connectivity index is 2.54. The van der Waals surface area contributed by atoms with Crippen molar-refractivity contribution in [3.8, 4) is 5.75 Å². The van der Waals surface area contributed by atoms with Crippen LogP contribution in [0.1, 0.15) is 20.3 Å². The molecule has 0 unspecified atom stereocenters. The summed E-state index contributed by atoms with van der Waals surface area (Å²) in [5, 5.41) is 2.56. The van der Waals surface area contributed by atoms with Gasteiger partial charge in [0.1, 0.15) is 17.1 Å². The third kappa shape index (κ3) is 4.22. The molecule has 0 saturated heterocycles. The molecule has 0 spiro atoms. The summed E-state index contributed by atoms with van der Waals surface area (Å²) in [7, 11) is 1.26. The number of ether oxygens (including phenoxy) is 2. The van der Waals surface area contributed by atoms with E-state index in [-0.39, 0.29) is 12.4 Å². The lowest BCUT2D eigenvalue weighted by Gasteiger charge is -2.26. The van der Waals surface area contributed by atoms with Gasteiger partial charge in [0, 0.05) is 0 Å². The molecule has 0 heterocycles. The molecule has 20 heavy (non-hydrogen) atoms. The highest BCUT2D eigenvalue weighted by Gasteiger charge is 2.34. The first-order chi connectivity index (χ1) is 9.41. The Morgan fingerprint density at radius 2 is 1.90 bits per heavy atom. The summed E-state index contributed by atoms with van der Waals surface area (Å²) in [4.78, 5) is 23.4. The number of hydrogen-bond acceptors (Lipinski definition) is 4. The molecule has 1 rings (SSSR count). The molecule has 0 aliphatic heterocycles. The maximum atomic E-state index is 12.7. The SMILES string of the molecule is CC[C@](C)(NC(=O)COc1ccc(F)cc1)C(=O)OC. The van der Waals surface area contributed by atoms with Gasteiger partial charge in [0.15, 0.2) is 6.61 Å². The van der Waals surface area contributed by atoms with Crippen molar-refractivity contribution in [1.29, 1.82) is 0 Å². The van der Waals surface area contributed by atoms with E-state index in [1.54, 1.807) is 13.8 Å². The zero-order valence-corrected chi connectivity index (χ0v) is 11.7. The summed E-state index contributed by atoms with van der Waals surface area (Å²) in [6.07, 6.45) is 0.391. The third-order valence-corrected chi connectivity index (χ3v) is 2.94. The largest absolute Gasteiger partial charge is 0.484 e. The van der Waals surface area contributed by atoms with Gasteiger partial charge in [-0.25, -0.2) is 9.18 Å². The molecule has 1 aromatic carbocycles. The van der Waals surface area contributed by atoms with Gasteiger partial charge in [0.25, 0.3) is 5.91 Å². The maximum absolute atomic E-state index is 12.7. The molecule has 0 aliphatic rings. The zero-order chi connectivity index (χ0) is 15.2. The lowest BCUT2D eigenvalue weighted by Crippen LogP contribution is -2.53. The van der Waals surface area contributed by atoms with Gasteiger partial charge in [-0.2, -0.15) is 0 Å². The quantitative estimate of drug-likeness (QED) is 0.806. The number of amides is 1. The highest BCUT2D eigenvalue weighted by atomic mass is 19.1. The highest BCUT2D eigenvalue weighted by molar-refractivity contribution is 5.88. The molecule has 0 radical (unpaired) electrons. The Hall–Kier alpha value is -2.11. The van der Waals surface area contributed by atoms with E-state index >= 15 is 0 Å². The molecular weight excluding hydrogens is 265 g/mol. The van der Waals surface area contributed by atoms with E-state index in [0.29, 0.717) is 12.2 Å². The summed E-state index contributed by atoms with van der Waals surface area (Å²) in [5.74, 6) is -0.983. The van der Waals surface area contributed by atoms with Crippen molar-refractivity contribution in [2.24, 2.45) is 0 Å². The number of halogens is 1. The van der Waals surface area contributed by atoms with E-state index in [4.69, 9.17) is 4.74 Å². The van der Waals surface area contributed by atoms with E-state index in [1.807, 2.05) is 0 Å². The number of carbonyl (C=O) groups excluding carboxylic acids is 2. The molecule has 1 aromatic rings. The Bertz CT molecular complexity index is 475. The summed E-state index contributed by atoms with van der Waals surface area (Å²) in [6.45, 7) is 3.07. The van der Waals surface area contributed by atoms with E-state index in [1.165, 1.54) is 31.4 Å². The normalized spacial score (nSPS) is 13.2. The van der Waals surface area contributed by atoms with Gasteiger partial charge in [-0.15, -0.1) is 0 Å². The first-order valence-corrected chi connectivity index (χ1v) is 6.19. The molecule has 1 atom stereocenters. The van der Waals surface area contributed by atoms with E-state index < -0.39 is 17.4 Å². The molecule has 0 aromatic heterocycles. The molecule has 0 bridgehead atoms. The average Bonchev–Trinajstić information content (AvgIpc) is 2.45. The van der Waals surface area contributed by atoms with E-state index in [9.17, 15) is 14.0 Å². The van der Waals surface area contributed by atoms with Gasteiger partial charge in [0.2, 0.25) is 0 Å². The highest BCUT2D eigenvalue weighted by Crippen LogP contribution is 2.13. The molecule has 110 valence electrons. The fourth-order valence-corrected chi connectivity index (χ4v) is 1.53. The van der Waals surface area contributed by atoms with Crippen molar-refractivity contribution in [1.82, 2.24) is 5.32 Å². The maximum Gasteiger partial charge on any atom is 0.331 e. The predicted octanol–water partition coefficient (Wildman–Crippen LogP) is 1.66. The summed E-state index contributed by atoms with van der Waals surface area (Å²) in [5.41, 5.74) is -1.09. The first kappa shape index (κ1) is 15.9. The van der Waals surface area contributed by atoms with Gasteiger partial charge in [-0.1, -0.05) is 6.92 Å². The van der Waals surface area contributed by atoms with Crippen LogP contribution < -0.4 is 10.1 Å². The van der Waals surface area contributed by atoms with Crippen molar-refractivity contribution in [3.63, 3.8) is 0 Å². The fraction of sp³-hybridized carbons (Fsp3) is 0.429.